The molecule has 0 saturated carbocycles. The fourth-order valence-electron chi connectivity index (χ4n) is 1.23. The Balaban J connectivity index is 3.02. The first-order chi connectivity index (χ1) is 6.54. The molecular formula is C10H13ClFNO. The summed E-state index contributed by atoms with van der Waals surface area (Å²) in [4.78, 5) is 0. The number of hydrogen-bond donors (Lipinski definition) is 1. The molecule has 0 radical (unpaired) electrons. The summed E-state index contributed by atoms with van der Waals surface area (Å²) in [6, 6.07) is 2.74. The lowest BCUT2D eigenvalue weighted by Gasteiger charge is -2.09. The number of ether oxygens (including phenoxy) is 1. The zero-order valence-corrected chi connectivity index (χ0v) is 8.94. The van der Waals surface area contributed by atoms with Crippen molar-refractivity contribution in [2.75, 3.05) is 7.11 Å². The van der Waals surface area contributed by atoms with Gasteiger partial charge < -0.3 is 10.5 Å². The molecule has 0 spiro atoms. The van der Waals surface area contributed by atoms with Crippen molar-refractivity contribution in [1.29, 1.82) is 0 Å². The van der Waals surface area contributed by atoms with Crippen LogP contribution in [0.25, 0.3) is 0 Å². The number of rotatable bonds is 3. The molecule has 0 bridgehead atoms. The first kappa shape index (κ1) is 11.3. The maximum Gasteiger partial charge on any atom is 0.140 e. The molecule has 0 aliphatic rings. The number of methoxy groups -OCH3 is 1. The molecule has 0 aromatic heterocycles. The van der Waals surface area contributed by atoms with Crippen molar-refractivity contribution in [3.63, 3.8) is 0 Å². The average molecular weight is 218 g/mol. The lowest BCUT2D eigenvalue weighted by Crippen LogP contribution is -2.18. The summed E-state index contributed by atoms with van der Waals surface area (Å²) in [5, 5.41) is 0.407. The molecule has 1 unspecified atom stereocenters. The van der Waals surface area contributed by atoms with Crippen molar-refractivity contribution in [1.82, 2.24) is 0 Å². The number of hydrogen-bond acceptors (Lipinski definition) is 2. The summed E-state index contributed by atoms with van der Waals surface area (Å²) >= 11 is 5.85. The van der Waals surface area contributed by atoms with E-state index >= 15 is 0 Å². The zero-order chi connectivity index (χ0) is 10.7. The van der Waals surface area contributed by atoms with Crippen LogP contribution in [0.2, 0.25) is 5.02 Å². The molecule has 0 aliphatic carbocycles. The van der Waals surface area contributed by atoms with Gasteiger partial charge in [-0.2, -0.15) is 0 Å². The van der Waals surface area contributed by atoms with Crippen molar-refractivity contribution >= 4 is 11.6 Å². The number of nitrogens with two attached hydrogens (primary N) is 1. The van der Waals surface area contributed by atoms with Crippen LogP contribution < -0.4 is 10.5 Å². The molecular weight excluding hydrogens is 205 g/mol. The topological polar surface area (TPSA) is 35.2 Å². The van der Waals surface area contributed by atoms with Gasteiger partial charge in [0.25, 0.3) is 0 Å². The third-order valence-corrected chi connectivity index (χ3v) is 2.16. The number of benzene rings is 1. The standard InChI is InChI=1S/C10H13ClFNO/c1-6(13)3-7-4-8(11)10(14-2)5-9(7)12/h4-6H,3,13H2,1-2H3. The summed E-state index contributed by atoms with van der Waals surface area (Å²) in [5.41, 5.74) is 6.09. The third-order valence-electron chi connectivity index (χ3n) is 1.86. The molecule has 0 aliphatic heterocycles. The third kappa shape index (κ3) is 2.59. The highest BCUT2D eigenvalue weighted by molar-refractivity contribution is 6.32. The Morgan fingerprint density at radius 3 is 2.71 bits per heavy atom. The quantitative estimate of drug-likeness (QED) is 0.844. The van der Waals surface area contributed by atoms with Crippen LogP contribution in [0, 0.1) is 5.82 Å². The summed E-state index contributed by atoms with van der Waals surface area (Å²) in [6.07, 6.45) is 0.468. The normalized spacial score (nSPS) is 12.6. The van der Waals surface area contributed by atoms with Gasteiger partial charge in [-0.3, -0.25) is 0 Å². The Morgan fingerprint density at radius 1 is 1.57 bits per heavy atom. The predicted octanol–water partition coefficient (Wildman–Crippen LogP) is 2.38. The zero-order valence-electron chi connectivity index (χ0n) is 8.18. The molecule has 4 heteroatoms. The molecule has 1 aromatic carbocycles. The summed E-state index contributed by atoms with van der Waals surface area (Å²) < 4.78 is 18.3. The number of halogens is 2. The van der Waals surface area contributed by atoms with E-state index in [2.05, 4.69) is 0 Å². The van der Waals surface area contributed by atoms with Crippen molar-refractivity contribution in [2.24, 2.45) is 5.73 Å². The molecule has 14 heavy (non-hydrogen) atoms. The predicted molar refractivity (Wildman–Crippen MR) is 55.3 cm³/mol. The molecule has 1 aromatic rings. The van der Waals surface area contributed by atoms with Crippen LogP contribution in [0.15, 0.2) is 12.1 Å². The lowest BCUT2D eigenvalue weighted by atomic mass is 10.1. The van der Waals surface area contributed by atoms with Gasteiger partial charge in [0.15, 0.2) is 0 Å². The largest absolute Gasteiger partial charge is 0.495 e. The van der Waals surface area contributed by atoms with Crippen LogP contribution in [0.3, 0.4) is 0 Å². The van der Waals surface area contributed by atoms with Gasteiger partial charge in [0.05, 0.1) is 12.1 Å². The van der Waals surface area contributed by atoms with Gasteiger partial charge in [0, 0.05) is 12.1 Å². The first-order valence-electron chi connectivity index (χ1n) is 4.32. The van der Waals surface area contributed by atoms with Crippen LogP contribution in [0.4, 0.5) is 4.39 Å². The smallest absolute Gasteiger partial charge is 0.140 e. The second kappa shape index (κ2) is 4.62. The second-order valence-electron chi connectivity index (χ2n) is 3.26. The Hall–Kier alpha value is -0.800. The summed E-state index contributed by atoms with van der Waals surface area (Å²) in [5.74, 6) is 0.0149. The molecule has 0 amide bonds. The van der Waals surface area contributed by atoms with Crippen LogP contribution in [0.1, 0.15) is 12.5 Å². The molecule has 1 rings (SSSR count). The van der Waals surface area contributed by atoms with Gasteiger partial charge in [-0.05, 0) is 25.0 Å². The molecule has 2 nitrogen and oxygen atoms in total. The summed E-state index contributed by atoms with van der Waals surface area (Å²) in [7, 11) is 1.45. The van der Waals surface area contributed by atoms with E-state index in [4.69, 9.17) is 22.1 Å². The van der Waals surface area contributed by atoms with Gasteiger partial charge in [-0.1, -0.05) is 11.6 Å². The first-order valence-corrected chi connectivity index (χ1v) is 4.70. The Kier molecular flexibility index (Phi) is 3.72. The Bertz CT molecular complexity index is 328. The van der Waals surface area contributed by atoms with E-state index < -0.39 is 0 Å². The maximum absolute atomic E-state index is 13.4. The minimum Gasteiger partial charge on any atom is -0.495 e. The fourth-order valence-corrected chi connectivity index (χ4v) is 1.49. The molecule has 2 N–H and O–H groups in total. The van der Waals surface area contributed by atoms with Gasteiger partial charge >= 0.3 is 0 Å². The fraction of sp³-hybridized carbons (Fsp3) is 0.400. The molecule has 1 atom stereocenters. The van der Waals surface area contributed by atoms with E-state index in [0.717, 1.165) is 0 Å². The van der Waals surface area contributed by atoms with E-state index in [1.54, 1.807) is 6.07 Å². The highest BCUT2D eigenvalue weighted by Crippen LogP contribution is 2.27. The second-order valence-corrected chi connectivity index (χ2v) is 3.67. The van der Waals surface area contributed by atoms with Crippen LogP contribution in [0.5, 0.6) is 5.75 Å². The van der Waals surface area contributed by atoms with Crippen molar-refractivity contribution in [3.8, 4) is 5.75 Å². The molecule has 0 heterocycles. The van der Waals surface area contributed by atoms with Gasteiger partial charge in [-0.25, -0.2) is 4.39 Å². The minimum atomic E-state index is -0.330. The maximum atomic E-state index is 13.4. The van der Waals surface area contributed by atoms with Crippen molar-refractivity contribution in [3.05, 3.63) is 28.5 Å². The van der Waals surface area contributed by atoms with E-state index in [9.17, 15) is 4.39 Å². The van der Waals surface area contributed by atoms with E-state index in [-0.39, 0.29) is 11.9 Å². The summed E-state index contributed by atoms with van der Waals surface area (Å²) in [6.45, 7) is 1.82. The SMILES string of the molecule is COc1cc(F)c(CC(C)N)cc1Cl. The average Bonchev–Trinajstić information content (AvgIpc) is 2.10. The van der Waals surface area contributed by atoms with Crippen LogP contribution in [-0.2, 0) is 6.42 Å². The van der Waals surface area contributed by atoms with Crippen LogP contribution in [-0.4, -0.2) is 13.2 Å². The van der Waals surface area contributed by atoms with E-state index in [1.807, 2.05) is 6.92 Å². The Morgan fingerprint density at radius 2 is 2.21 bits per heavy atom. The van der Waals surface area contributed by atoms with E-state index in [0.29, 0.717) is 22.8 Å². The highest BCUT2D eigenvalue weighted by atomic mass is 35.5. The lowest BCUT2D eigenvalue weighted by molar-refractivity contribution is 0.410. The molecule has 0 saturated heterocycles. The van der Waals surface area contributed by atoms with Gasteiger partial charge in [-0.15, -0.1) is 0 Å². The van der Waals surface area contributed by atoms with E-state index in [1.165, 1.54) is 13.2 Å². The monoisotopic (exact) mass is 217 g/mol. The molecule has 0 fully saturated rings. The van der Waals surface area contributed by atoms with Crippen molar-refractivity contribution < 1.29 is 9.13 Å². The Labute approximate surface area is 87.8 Å². The van der Waals surface area contributed by atoms with Gasteiger partial charge in [0.1, 0.15) is 11.6 Å². The van der Waals surface area contributed by atoms with Crippen LogP contribution >= 0.6 is 11.6 Å². The van der Waals surface area contributed by atoms with Gasteiger partial charge in [0.2, 0.25) is 0 Å². The van der Waals surface area contributed by atoms with Crippen molar-refractivity contribution in [2.45, 2.75) is 19.4 Å². The molecule has 78 valence electrons. The minimum absolute atomic E-state index is 0.0889. The highest BCUT2D eigenvalue weighted by Gasteiger charge is 2.10.